The summed E-state index contributed by atoms with van der Waals surface area (Å²) in [6.45, 7) is 4.80. The first-order valence-electron chi connectivity index (χ1n) is 5.71. The Hall–Kier alpha value is -0.800. The highest BCUT2D eigenvalue weighted by Crippen LogP contribution is 2.12. The molecule has 0 unspecified atom stereocenters. The van der Waals surface area contributed by atoms with Crippen molar-refractivity contribution >= 4 is 0 Å². The maximum atomic E-state index is 5.58. The van der Waals surface area contributed by atoms with Crippen LogP contribution in [0.5, 0.6) is 0 Å². The standard InChI is InChI=1S/C12H22N2O/c1-3-4-5-7-14(2)10-11-6-8-15-12(11)9-13/h6,8H,3-5,7,9-10,13H2,1-2H3. The van der Waals surface area contributed by atoms with Crippen LogP contribution in [0.4, 0.5) is 0 Å². The fraction of sp³-hybridized carbons (Fsp3) is 0.667. The minimum Gasteiger partial charge on any atom is -0.468 e. The van der Waals surface area contributed by atoms with Crippen molar-refractivity contribution in [2.75, 3.05) is 13.6 Å². The maximum absolute atomic E-state index is 5.58. The summed E-state index contributed by atoms with van der Waals surface area (Å²) in [4.78, 5) is 2.32. The van der Waals surface area contributed by atoms with Gasteiger partial charge in [-0.2, -0.15) is 0 Å². The van der Waals surface area contributed by atoms with Crippen molar-refractivity contribution in [3.63, 3.8) is 0 Å². The van der Waals surface area contributed by atoms with Crippen LogP contribution in [0, 0.1) is 0 Å². The molecule has 15 heavy (non-hydrogen) atoms. The van der Waals surface area contributed by atoms with Crippen molar-refractivity contribution in [1.82, 2.24) is 4.90 Å². The number of nitrogens with two attached hydrogens (primary N) is 1. The summed E-state index contributed by atoms with van der Waals surface area (Å²) < 4.78 is 5.29. The van der Waals surface area contributed by atoms with Crippen LogP contribution in [-0.4, -0.2) is 18.5 Å². The van der Waals surface area contributed by atoms with Gasteiger partial charge in [0.05, 0.1) is 12.8 Å². The smallest absolute Gasteiger partial charge is 0.121 e. The highest BCUT2D eigenvalue weighted by Gasteiger charge is 2.06. The molecule has 0 spiro atoms. The predicted molar refractivity (Wildman–Crippen MR) is 62.5 cm³/mol. The van der Waals surface area contributed by atoms with Gasteiger partial charge in [0.1, 0.15) is 5.76 Å². The van der Waals surface area contributed by atoms with E-state index in [9.17, 15) is 0 Å². The maximum Gasteiger partial charge on any atom is 0.121 e. The van der Waals surface area contributed by atoms with E-state index in [1.807, 2.05) is 6.07 Å². The lowest BCUT2D eigenvalue weighted by molar-refractivity contribution is 0.315. The Morgan fingerprint density at radius 3 is 2.87 bits per heavy atom. The molecule has 0 aromatic carbocycles. The highest BCUT2D eigenvalue weighted by atomic mass is 16.3. The SMILES string of the molecule is CCCCCN(C)Cc1ccoc1CN. The quantitative estimate of drug-likeness (QED) is 0.702. The van der Waals surface area contributed by atoms with Gasteiger partial charge in [-0.3, -0.25) is 0 Å². The third kappa shape index (κ3) is 4.06. The normalized spacial score (nSPS) is 11.2. The number of unbranched alkanes of at least 4 members (excludes halogenated alkanes) is 2. The zero-order valence-corrected chi connectivity index (χ0v) is 9.83. The van der Waals surface area contributed by atoms with Gasteiger partial charge in [-0.15, -0.1) is 0 Å². The fourth-order valence-electron chi connectivity index (χ4n) is 1.69. The van der Waals surface area contributed by atoms with Crippen molar-refractivity contribution in [1.29, 1.82) is 0 Å². The second-order valence-electron chi connectivity index (χ2n) is 4.02. The minimum atomic E-state index is 0.491. The molecule has 0 aliphatic carbocycles. The minimum absolute atomic E-state index is 0.491. The van der Waals surface area contributed by atoms with Gasteiger partial charge in [0.25, 0.3) is 0 Å². The largest absolute Gasteiger partial charge is 0.468 e. The first-order chi connectivity index (χ1) is 7.27. The zero-order valence-electron chi connectivity index (χ0n) is 9.83. The number of furan rings is 1. The molecule has 0 bridgehead atoms. The first-order valence-corrected chi connectivity index (χ1v) is 5.71. The molecule has 3 heteroatoms. The predicted octanol–water partition coefficient (Wildman–Crippen LogP) is 2.36. The van der Waals surface area contributed by atoms with Crippen LogP contribution >= 0.6 is 0 Å². The highest BCUT2D eigenvalue weighted by molar-refractivity contribution is 5.16. The Bertz CT molecular complexity index is 270. The second-order valence-corrected chi connectivity index (χ2v) is 4.02. The number of hydrogen-bond donors (Lipinski definition) is 1. The van der Waals surface area contributed by atoms with Gasteiger partial charge in [0.2, 0.25) is 0 Å². The molecule has 0 fully saturated rings. The fourth-order valence-corrected chi connectivity index (χ4v) is 1.69. The lowest BCUT2D eigenvalue weighted by Gasteiger charge is -2.15. The topological polar surface area (TPSA) is 42.4 Å². The van der Waals surface area contributed by atoms with E-state index in [-0.39, 0.29) is 0 Å². The lowest BCUT2D eigenvalue weighted by Crippen LogP contribution is -2.19. The van der Waals surface area contributed by atoms with Crippen LogP contribution in [0.3, 0.4) is 0 Å². The summed E-state index contributed by atoms with van der Waals surface area (Å²) in [5.74, 6) is 0.914. The van der Waals surface area contributed by atoms with Crippen LogP contribution < -0.4 is 5.73 Å². The van der Waals surface area contributed by atoms with Crippen molar-refractivity contribution in [2.24, 2.45) is 5.73 Å². The van der Waals surface area contributed by atoms with Gasteiger partial charge >= 0.3 is 0 Å². The van der Waals surface area contributed by atoms with Gasteiger partial charge in [0.15, 0.2) is 0 Å². The van der Waals surface area contributed by atoms with E-state index in [1.165, 1.54) is 24.8 Å². The third-order valence-corrected chi connectivity index (χ3v) is 2.61. The van der Waals surface area contributed by atoms with E-state index in [0.29, 0.717) is 6.54 Å². The molecule has 0 atom stereocenters. The van der Waals surface area contributed by atoms with Crippen molar-refractivity contribution in [2.45, 2.75) is 39.3 Å². The number of hydrogen-bond acceptors (Lipinski definition) is 3. The average Bonchev–Trinajstić information content (AvgIpc) is 2.65. The third-order valence-electron chi connectivity index (χ3n) is 2.61. The molecule has 0 saturated carbocycles. The Morgan fingerprint density at radius 1 is 1.40 bits per heavy atom. The Morgan fingerprint density at radius 2 is 2.20 bits per heavy atom. The molecule has 1 aromatic heterocycles. The van der Waals surface area contributed by atoms with Gasteiger partial charge in [-0.1, -0.05) is 19.8 Å². The van der Waals surface area contributed by atoms with Gasteiger partial charge < -0.3 is 15.1 Å². The van der Waals surface area contributed by atoms with Crippen molar-refractivity contribution < 1.29 is 4.42 Å². The van der Waals surface area contributed by atoms with Gasteiger partial charge in [-0.05, 0) is 26.1 Å². The Balaban J connectivity index is 2.33. The van der Waals surface area contributed by atoms with Crippen LogP contribution in [-0.2, 0) is 13.1 Å². The molecular weight excluding hydrogens is 188 g/mol. The summed E-state index contributed by atoms with van der Waals surface area (Å²) in [6, 6.07) is 2.01. The molecule has 1 heterocycles. The van der Waals surface area contributed by atoms with Crippen LogP contribution in [0.15, 0.2) is 16.7 Å². The molecule has 0 aliphatic rings. The van der Waals surface area contributed by atoms with E-state index in [2.05, 4.69) is 18.9 Å². The van der Waals surface area contributed by atoms with Gasteiger partial charge in [0, 0.05) is 12.1 Å². The van der Waals surface area contributed by atoms with Crippen LogP contribution in [0.25, 0.3) is 0 Å². The molecule has 0 radical (unpaired) electrons. The van der Waals surface area contributed by atoms with Crippen LogP contribution in [0.2, 0.25) is 0 Å². The molecule has 86 valence electrons. The number of rotatable bonds is 7. The summed E-state index contributed by atoms with van der Waals surface area (Å²) in [7, 11) is 2.14. The van der Waals surface area contributed by atoms with E-state index < -0.39 is 0 Å². The Kier molecular flexibility index (Phi) is 5.43. The van der Waals surface area contributed by atoms with E-state index in [1.54, 1.807) is 6.26 Å². The van der Waals surface area contributed by atoms with Crippen molar-refractivity contribution in [3.05, 3.63) is 23.7 Å². The first kappa shape index (κ1) is 12.3. The molecule has 1 aromatic rings. The summed E-state index contributed by atoms with van der Waals surface area (Å²) >= 11 is 0. The molecule has 0 amide bonds. The molecular formula is C12H22N2O. The van der Waals surface area contributed by atoms with Gasteiger partial charge in [-0.25, -0.2) is 0 Å². The van der Waals surface area contributed by atoms with Crippen molar-refractivity contribution in [3.8, 4) is 0 Å². The molecule has 0 aliphatic heterocycles. The summed E-state index contributed by atoms with van der Waals surface area (Å²) in [5.41, 5.74) is 6.80. The summed E-state index contributed by atoms with van der Waals surface area (Å²) in [5, 5.41) is 0. The number of nitrogens with zero attached hydrogens (tertiary/aromatic N) is 1. The lowest BCUT2D eigenvalue weighted by atomic mass is 10.2. The summed E-state index contributed by atoms with van der Waals surface area (Å²) in [6.07, 6.45) is 5.56. The molecule has 1 rings (SSSR count). The molecule has 2 N–H and O–H groups in total. The molecule has 3 nitrogen and oxygen atoms in total. The van der Waals surface area contributed by atoms with E-state index >= 15 is 0 Å². The second kappa shape index (κ2) is 6.64. The van der Waals surface area contributed by atoms with Crippen LogP contribution in [0.1, 0.15) is 37.5 Å². The molecule has 0 saturated heterocycles. The van der Waals surface area contributed by atoms with E-state index in [4.69, 9.17) is 10.2 Å². The zero-order chi connectivity index (χ0) is 11.1. The Labute approximate surface area is 92.2 Å². The monoisotopic (exact) mass is 210 g/mol. The average molecular weight is 210 g/mol. The van der Waals surface area contributed by atoms with E-state index in [0.717, 1.165) is 18.8 Å².